The molecule has 1 aliphatic carbocycles. The van der Waals surface area contributed by atoms with E-state index in [4.69, 9.17) is 0 Å². The Kier molecular flexibility index (Phi) is 5.24. The molecular formula is C13H24O. The molecule has 0 aromatic carbocycles. The van der Waals surface area contributed by atoms with Gasteiger partial charge >= 0.3 is 0 Å². The fourth-order valence-corrected chi connectivity index (χ4v) is 2.25. The Morgan fingerprint density at radius 3 is 2.86 bits per heavy atom. The van der Waals surface area contributed by atoms with Crippen molar-refractivity contribution < 1.29 is 5.11 Å². The lowest BCUT2D eigenvalue weighted by molar-refractivity contribution is 0.158. The van der Waals surface area contributed by atoms with E-state index in [1.54, 1.807) is 0 Å². The van der Waals surface area contributed by atoms with E-state index in [2.05, 4.69) is 13.5 Å². The summed E-state index contributed by atoms with van der Waals surface area (Å²) < 4.78 is 0. The Labute approximate surface area is 88.2 Å². The fraction of sp³-hybridized carbons (Fsp3) is 0.846. The third-order valence-corrected chi connectivity index (χ3v) is 3.26. The van der Waals surface area contributed by atoms with Gasteiger partial charge in [0.05, 0.1) is 6.10 Å². The lowest BCUT2D eigenvalue weighted by Gasteiger charge is -2.06. The quantitative estimate of drug-likeness (QED) is 0.465. The van der Waals surface area contributed by atoms with Crippen molar-refractivity contribution in [3.8, 4) is 0 Å². The summed E-state index contributed by atoms with van der Waals surface area (Å²) >= 11 is 0. The summed E-state index contributed by atoms with van der Waals surface area (Å²) in [5.74, 6) is 1.75. The highest BCUT2D eigenvalue weighted by Crippen LogP contribution is 2.45. The van der Waals surface area contributed by atoms with Crippen LogP contribution in [0, 0.1) is 11.8 Å². The second-order valence-electron chi connectivity index (χ2n) is 4.67. The monoisotopic (exact) mass is 196 g/mol. The van der Waals surface area contributed by atoms with Crippen molar-refractivity contribution in [2.45, 2.75) is 58.0 Å². The van der Waals surface area contributed by atoms with Gasteiger partial charge in [-0.2, -0.15) is 0 Å². The van der Waals surface area contributed by atoms with Crippen molar-refractivity contribution in [1.29, 1.82) is 0 Å². The highest BCUT2D eigenvalue weighted by molar-refractivity contribution is 4.88. The van der Waals surface area contributed by atoms with Gasteiger partial charge in [-0.25, -0.2) is 0 Å². The molecule has 1 nitrogen and oxygen atoms in total. The molecule has 14 heavy (non-hydrogen) atoms. The molecule has 0 amide bonds. The third-order valence-electron chi connectivity index (χ3n) is 3.26. The Balaban J connectivity index is 1.99. The zero-order chi connectivity index (χ0) is 10.4. The van der Waals surface area contributed by atoms with Crippen LogP contribution < -0.4 is 0 Å². The molecule has 1 fully saturated rings. The Bertz CT molecular complexity index is 165. The first-order valence-electron chi connectivity index (χ1n) is 6.06. The van der Waals surface area contributed by atoms with E-state index in [9.17, 15) is 5.11 Å². The Morgan fingerprint density at radius 2 is 2.21 bits per heavy atom. The lowest BCUT2D eigenvalue weighted by Crippen LogP contribution is -2.06. The maximum absolute atomic E-state index is 9.58. The molecule has 1 aliphatic rings. The second-order valence-corrected chi connectivity index (χ2v) is 4.67. The van der Waals surface area contributed by atoms with Gasteiger partial charge in [-0.3, -0.25) is 0 Å². The molecule has 0 radical (unpaired) electrons. The first kappa shape index (κ1) is 11.8. The summed E-state index contributed by atoms with van der Waals surface area (Å²) in [6.45, 7) is 5.90. The summed E-state index contributed by atoms with van der Waals surface area (Å²) in [4.78, 5) is 0. The van der Waals surface area contributed by atoms with Gasteiger partial charge in [0.1, 0.15) is 0 Å². The standard InChI is InChI=1S/C13H24O/c1-3-5-6-8-11-9-12(11)10-13(14)7-4-2/h4,11-14H,2-3,5-10H2,1H3/t11-,12+,13?/m1/s1. The largest absolute Gasteiger partial charge is 0.393 e. The van der Waals surface area contributed by atoms with Crippen LogP contribution in [-0.2, 0) is 0 Å². The van der Waals surface area contributed by atoms with Crippen LogP contribution in [0.3, 0.4) is 0 Å². The average Bonchev–Trinajstić information content (AvgIpc) is 2.84. The topological polar surface area (TPSA) is 20.2 Å². The number of aliphatic hydroxyl groups excluding tert-OH is 1. The van der Waals surface area contributed by atoms with Gasteiger partial charge in [0.15, 0.2) is 0 Å². The second kappa shape index (κ2) is 6.23. The maximum Gasteiger partial charge on any atom is 0.0577 e. The first-order chi connectivity index (χ1) is 6.77. The Hall–Kier alpha value is -0.300. The normalized spacial score (nSPS) is 27.3. The maximum atomic E-state index is 9.58. The minimum Gasteiger partial charge on any atom is -0.393 e. The van der Waals surface area contributed by atoms with Crippen LogP contribution in [0.2, 0.25) is 0 Å². The van der Waals surface area contributed by atoms with Gasteiger partial charge < -0.3 is 5.11 Å². The van der Waals surface area contributed by atoms with Crippen molar-refractivity contribution >= 4 is 0 Å². The van der Waals surface area contributed by atoms with Crippen LogP contribution in [0.5, 0.6) is 0 Å². The minimum absolute atomic E-state index is 0.131. The summed E-state index contributed by atoms with van der Waals surface area (Å²) in [6, 6.07) is 0. The molecule has 0 spiro atoms. The van der Waals surface area contributed by atoms with E-state index < -0.39 is 0 Å². The molecule has 0 bridgehead atoms. The van der Waals surface area contributed by atoms with Gasteiger partial charge in [-0.15, -0.1) is 6.58 Å². The van der Waals surface area contributed by atoms with Gasteiger partial charge in [-0.05, 0) is 31.1 Å². The van der Waals surface area contributed by atoms with Crippen LogP contribution >= 0.6 is 0 Å². The highest BCUT2D eigenvalue weighted by Gasteiger charge is 2.36. The number of unbranched alkanes of at least 4 members (excludes halogenated alkanes) is 2. The molecule has 0 aliphatic heterocycles. The SMILES string of the molecule is C=CCC(O)C[C@@H]1C[C@H]1CCCCC. The molecule has 1 heteroatoms. The third kappa shape index (κ3) is 4.28. The molecule has 0 aromatic rings. The van der Waals surface area contributed by atoms with Gasteiger partial charge in [0.25, 0.3) is 0 Å². The zero-order valence-corrected chi connectivity index (χ0v) is 9.41. The molecule has 0 saturated heterocycles. The summed E-state index contributed by atoms with van der Waals surface area (Å²) in [5.41, 5.74) is 0. The molecule has 1 N–H and O–H groups in total. The van der Waals surface area contributed by atoms with Crippen LogP contribution in [0.1, 0.15) is 51.9 Å². The molecule has 0 heterocycles. The van der Waals surface area contributed by atoms with Gasteiger partial charge in [-0.1, -0.05) is 38.7 Å². The molecule has 82 valence electrons. The fourth-order valence-electron chi connectivity index (χ4n) is 2.25. The van der Waals surface area contributed by atoms with E-state index in [0.717, 1.165) is 24.7 Å². The highest BCUT2D eigenvalue weighted by atomic mass is 16.3. The van der Waals surface area contributed by atoms with E-state index in [1.807, 2.05) is 6.08 Å². The number of hydrogen-bond donors (Lipinski definition) is 1. The van der Waals surface area contributed by atoms with Crippen LogP contribution in [-0.4, -0.2) is 11.2 Å². The van der Waals surface area contributed by atoms with Crippen LogP contribution in [0.15, 0.2) is 12.7 Å². The molecule has 0 aromatic heterocycles. The zero-order valence-electron chi connectivity index (χ0n) is 9.41. The summed E-state index contributed by atoms with van der Waals surface area (Å²) in [5, 5.41) is 9.58. The molecule has 3 atom stereocenters. The molecular weight excluding hydrogens is 172 g/mol. The Morgan fingerprint density at radius 1 is 1.43 bits per heavy atom. The van der Waals surface area contributed by atoms with E-state index in [-0.39, 0.29) is 6.10 Å². The number of aliphatic hydroxyl groups is 1. The van der Waals surface area contributed by atoms with Gasteiger partial charge in [0, 0.05) is 0 Å². The number of rotatable bonds is 8. The van der Waals surface area contributed by atoms with Crippen molar-refractivity contribution in [2.24, 2.45) is 11.8 Å². The predicted octanol–water partition coefficient (Wildman–Crippen LogP) is 3.53. The summed E-state index contributed by atoms with van der Waals surface area (Å²) in [6.07, 6.45) is 10.3. The summed E-state index contributed by atoms with van der Waals surface area (Å²) in [7, 11) is 0. The number of hydrogen-bond acceptors (Lipinski definition) is 1. The van der Waals surface area contributed by atoms with E-state index in [0.29, 0.717) is 0 Å². The smallest absolute Gasteiger partial charge is 0.0577 e. The van der Waals surface area contributed by atoms with Gasteiger partial charge in [0.2, 0.25) is 0 Å². The van der Waals surface area contributed by atoms with Crippen molar-refractivity contribution in [3.05, 3.63) is 12.7 Å². The lowest BCUT2D eigenvalue weighted by atomic mass is 10.1. The van der Waals surface area contributed by atoms with E-state index >= 15 is 0 Å². The van der Waals surface area contributed by atoms with E-state index in [1.165, 1.54) is 32.1 Å². The minimum atomic E-state index is -0.131. The molecule has 1 unspecified atom stereocenters. The first-order valence-corrected chi connectivity index (χ1v) is 6.06. The molecule has 1 saturated carbocycles. The predicted molar refractivity (Wildman–Crippen MR) is 61.2 cm³/mol. The van der Waals surface area contributed by atoms with Crippen LogP contribution in [0.25, 0.3) is 0 Å². The molecule has 1 rings (SSSR count). The van der Waals surface area contributed by atoms with Crippen molar-refractivity contribution in [3.63, 3.8) is 0 Å². The average molecular weight is 196 g/mol. The van der Waals surface area contributed by atoms with Crippen LogP contribution in [0.4, 0.5) is 0 Å². The van der Waals surface area contributed by atoms with Crippen molar-refractivity contribution in [1.82, 2.24) is 0 Å². The van der Waals surface area contributed by atoms with Crippen molar-refractivity contribution in [2.75, 3.05) is 0 Å².